The Labute approximate surface area is 133 Å². The van der Waals surface area contributed by atoms with E-state index in [1.165, 1.54) is 0 Å². The summed E-state index contributed by atoms with van der Waals surface area (Å²) < 4.78 is 11.1. The number of aromatic nitrogens is 2. The first kappa shape index (κ1) is 14.7. The first-order chi connectivity index (χ1) is 10.8. The SMILES string of the molecule is COc1ccccc1CN(C)Cc1nnc(-c2cccs2)o1. The molecule has 0 bridgehead atoms. The molecular formula is C16H17N3O2S. The summed E-state index contributed by atoms with van der Waals surface area (Å²) in [6.45, 7) is 1.34. The van der Waals surface area contributed by atoms with Crippen LogP contribution in [0.25, 0.3) is 10.8 Å². The number of hydrogen-bond acceptors (Lipinski definition) is 6. The Morgan fingerprint density at radius 3 is 2.77 bits per heavy atom. The van der Waals surface area contributed by atoms with Gasteiger partial charge in [0.15, 0.2) is 0 Å². The van der Waals surface area contributed by atoms with Crippen LogP contribution >= 0.6 is 11.3 Å². The number of ether oxygens (including phenoxy) is 1. The van der Waals surface area contributed by atoms with Crippen LogP contribution in [0.15, 0.2) is 46.2 Å². The molecular weight excluding hydrogens is 298 g/mol. The minimum Gasteiger partial charge on any atom is -0.496 e. The van der Waals surface area contributed by atoms with Gasteiger partial charge >= 0.3 is 0 Å². The van der Waals surface area contributed by atoms with Crippen LogP contribution in [0, 0.1) is 0 Å². The highest BCUT2D eigenvalue weighted by Gasteiger charge is 2.12. The molecule has 0 N–H and O–H groups in total. The fourth-order valence-corrected chi connectivity index (χ4v) is 2.87. The van der Waals surface area contributed by atoms with Gasteiger partial charge in [0.25, 0.3) is 5.89 Å². The minimum atomic E-state index is 0.579. The molecule has 2 aromatic heterocycles. The lowest BCUT2D eigenvalue weighted by Gasteiger charge is -2.16. The van der Waals surface area contributed by atoms with Crippen molar-refractivity contribution in [3.05, 3.63) is 53.2 Å². The lowest BCUT2D eigenvalue weighted by Crippen LogP contribution is -2.17. The Balaban J connectivity index is 1.66. The molecule has 0 fully saturated rings. The molecule has 0 radical (unpaired) electrons. The van der Waals surface area contributed by atoms with Gasteiger partial charge in [-0.1, -0.05) is 24.3 Å². The second-order valence-corrected chi connectivity index (χ2v) is 5.91. The lowest BCUT2D eigenvalue weighted by molar-refractivity contribution is 0.278. The zero-order valence-electron chi connectivity index (χ0n) is 12.5. The number of benzene rings is 1. The van der Waals surface area contributed by atoms with Crippen LogP contribution < -0.4 is 4.74 Å². The maximum atomic E-state index is 5.71. The van der Waals surface area contributed by atoms with Gasteiger partial charge in [-0.2, -0.15) is 0 Å². The lowest BCUT2D eigenvalue weighted by atomic mass is 10.2. The Morgan fingerprint density at radius 2 is 2.00 bits per heavy atom. The average Bonchev–Trinajstić information content (AvgIpc) is 3.18. The van der Waals surface area contributed by atoms with Gasteiger partial charge in [0.05, 0.1) is 18.5 Å². The molecule has 3 rings (SSSR count). The van der Waals surface area contributed by atoms with E-state index < -0.39 is 0 Å². The van der Waals surface area contributed by atoms with Crippen molar-refractivity contribution in [2.24, 2.45) is 0 Å². The van der Waals surface area contributed by atoms with E-state index in [9.17, 15) is 0 Å². The maximum absolute atomic E-state index is 5.71. The first-order valence-electron chi connectivity index (χ1n) is 6.93. The number of nitrogens with zero attached hydrogens (tertiary/aromatic N) is 3. The molecule has 114 valence electrons. The van der Waals surface area contributed by atoms with E-state index in [0.717, 1.165) is 22.7 Å². The highest BCUT2D eigenvalue weighted by atomic mass is 32.1. The highest BCUT2D eigenvalue weighted by Crippen LogP contribution is 2.24. The smallest absolute Gasteiger partial charge is 0.257 e. The highest BCUT2D eigenvalue weighted by molar-refractivity contribution is 7.13. The molecule has 0 spiro atoms. The molecule has 6 heteroatoms. The van der Waals surface area contributed by atoms with Crippen molar-refractivity contribution in [2.75, 3.05) is 14.2 Å². The summed E-state index contributed by atoms with van der Waals surface area (Å²) in [5, 5.41) is 10.2. The van der Waals surface area contributed by atoms with E-state index in [0.29, 0.717) is 18.3 Å². The molecule has 0 saturated carbocycles. The largest absolute Gasteiger partial charge is 0.496 e. The zero-order valence-corrected chi connectivity index (χ0v) is 13.3. The van der Waals surface area contributed by atoms with Gasteiger partial charge in [0.2, 0.25) is 5.89 Å². The molecule has 0 aliphatic carbocycles. The predicted octanol–water partition coefficient (Wildman–Crippen LogP) is 3.44. The second kappa shape index (κ2) is 6.72. The fourth-order valence-electron chi connectivity index (χ4n) is 2.23. The zero-order chi connectivity index (χ0) is 15.4. The maximum Gasteiger partial charge on any atom is 0.257 e. The third-order valence-corrected chi connectivity index (χ3v) is 4.09. The van der Waals surface area contributed by atoms with E-state index in [1.807, 2.05) is 42.8 Å². The van der Waals surface area contributed by atoms with Gasteiger partial charge in [0.1, 0.15) is 5.75 Å². The van der Waals surface area contributed by atoms with Crippen LogP contribution in [-0.2, 0) is 13.1 Å². The Kier molecular flexibility index (Phi) is 4.50. The summed E-state index contributed by atoms with van der Waals surface area (Å²) in [6.07, 6.45) is 0. The number of para-hydroxylation sites is 1. The normalized spacial score (nSPS) is 11.0. The third kappa shape index (κ3) is 3.35. The van der Waals surface area contributed by atoms with Gasteiger partial charge in [-0.25, -0.2) is 0 Å². The van der Waals surface area contributed by atoms with E-state index in [4.69, 9.17) is 9.15 Å². The van der Waals surface area contributed by atoms with Gasteiger partial charge in [0, 0.05) is 12.1 Å². The van der Waals surface area contributed by atoms with Crippen molar-refractivity contribution in [2.45, 2.75) is 13.1 Å². The Morgan fingerprint density at radius 1 is 1.14 bits per heavy atom. The quantitative estimate of drug-likeness (QED) is 0.697. The monoisotopic (exact) mass is 315 g/mol. The summed E-state index contributed by atoms with van der Waals surface area (Å²) in [5.41, 5.74) is 1.13. The van der Waals surface area contributed by atoms with E-state index >= 15 is 0 Å². The molecule has 1 aromatic carbocycles. The summed E-state index contributed by atoms with van der Waals surface area (Å²) >= 11 is 1.59. The topological polar surface area (TPSA) is 51.4 Å². The van der Waals surface area contributed by atoms with Crippen molar-refractivity contribution in [3.8, 4) is 16.5 Å². The molecule has 0 unspecified atom stereocenters. The van der Waals surface area contributed by atoms with E-state index in [-0.39, 0.29) is 0 Å². The van der Waals surface area contributed by atoms with Crippen molar-refractivity contribution >= 4 is 11.3 Å². The number of methoxy groups -OCH3 is 1. The van der Waals surface area contributed by atoms with E-state index in [1.54, 1.807) is 18.4 Å². The predicted molar refractivity (Wildman–Crippen MR) is 85.8 cm³/mol. The van der Waals surface area contributed by atoms with Crippen LogP contribution in [0.5, 0.6) is 5.75 Å². The molecule has 22 heavy (non-hydrogen) atoms. The van der Waals surface area contributed by atoms with Crippen LogP contribution in [0.3, 0.4) is 0 Å². The molecule has 0 amide bonds. The second-order valence-electron chi connectivity index (χ2n) is 4.96. The summed E-state index contributed by atoms with van der Waals surface area (Å²) in [6, 6.07) is 11.9. The number of hydrogen-bond donors (Lipinski definition) is 0. The van der Waals surface area contributed by atoms with Gasteiger partial charge in [-0.15, -0.1) is 21.5 Å². The van der Waals surface area contributed by atoms with Crippen molar-refractivity contribution in [1.82, 2.24) is 15.1 Å². The van der Waals surface area contributed by atoms with E-state index in [2.05, 4.69) is 21.2 Å². The van der Waals surface area contributed by atoms with Gasteiger partial charge in [-0.3, -0.25) is 4.90 Å². The van der Waals surface area contributed by atoms with Gasteiger partial charge < -0.3 is 9.15 Å². The third-order valence-electron chi connectivity index (χ3n) is 3.24. The van der Waals surface area contributed by atoms with Crippen LogP contribution in [0.4, 0.5) is 0 Å². The number of rotatable bonds is 6. The molecule has 0 atom stereocenters. The van der Waals surface area contributed by atoms with Crippen LogP contribution in [0.2, 0.25) is 0 Å². The summed E-state index contributed by atoms with van der Waals surface area (Å²) in [4.78, 5) is 3.11. The first-order valence-corrected chi connectivity index (χ1v) is 7.81. The number of thiophene rings is 1. The summed E-state index contributed by atoms with van der Waals surface area (Å²) in [5.74, 6) is 2.08. The summed E-state index contributed by atoms with van der Waals surface area (Å²) in [7, 11) is 3.70. The molecule has 5 nitrogen and oxygen atoms in total. The molecule has 0 aliphatic rings. The fraction of sp³-hybridized carbons (Fsp3) is 0.250. The Hall–Kier alpha value is -2.18. The standard InChI is InChI=1S/C16H17N3O2S/c1-19(10-12-6-3-4-7-13(12)20-2)11-15-17-18-16(21-15)14-8-5-9-22-14/h3-9H,10-11H2,1-2H3. The van der Waals surface area contributed by atoms with Gasteiger partial charge in [-0.05, 0) is 24.6 Å². The van der Waals surface area contributed by atoms with Crippen LogP contribution in [-0.4, -0.2) is 29.3 Å². The van der Waals surface area contributed by atoms with Crippen LogP contribution in [0.1, 0.15) is 11.5 Å². The Bertz CT molecular complexity index is 725. The minimum absolute atomic E-state index is 0.579. The van der Waals surface area contributed by atoms with Crippen molar-refractivity contribution in [1.29, 1.82) is 0 Å². The van der Waals surface area contributed by atoms with Crippen molar-refractivity contribution < 1.29 is 9.15 Å². The molecule has 0 aliphatic heterocycles. The van der Waals surface area contributed by atoms with Crippen molar-refractivity contribution in [3.63, 3.8) is 0 Å². The average molecular weight is 315 g/mol. The molecule has 2 heterocycles. The molecule has 3 aromatic rings. The molecule has 0 saturated heterocycles.